The van der Waals surface area contributed by atoms with E-state index in [1.165, 1.54) is 6.07 Å². The lowest BCUT2D eigenvalue weighted by molar-refractivity contribution is 0.407. The average Bonchev–Trinajstić information content (AvgIpc) is 3.04. The molecule has 0 aliphatic heterocycles. The summed E-state index contributed by atoms with van der Waals surface area (Å²) < 4.78 is 32.6. The number of hydrogen-bond acceptors (Lipinski definition) is 3. The zero-order valence-corrected chi connectivity index (χ0v) is 12.7. The van der Waals surface area contributed by atoms with Crippen LogP contribution in [0.25, 0.3) is 22.0 Å². The maximum Gasteiger partial charge on any atom is 0.288 e. The first-order valence-corrected chi connectivity index (χ1v) is 7.40. The Labute approximate surface area is 139 Å². The number of aromatic amines is 2. The lowest BCUT2D eigenvalue weighted by Gasteiger charge is -2.08. The number of nitrogens with zero attached hydrogens (tertiary/aromatic N) is 1. The third-order valence-electron chi connectivity index (χ3n) is 3.81. The minimum Gasteiger partial charge on any atom is -0.451 e. The van der Waals surface area contributed by atoms with Gasteiger partial charge in [-0.2, -0.15) is 5.10 Å². The van der Waals surface area contributed by atoms with Crippen molar-refractivity contribution in [2.45, 2.75) is 0 Å². The van der Waals surface area contributed by atoms with Gasteiger partial charge in [0.25, 0.3) is 5.56 Å². The normalized spacial score (nSPS) is 11.0. The number of H-pyrrole nitrogens is 2. The van der Waals surface area contributed by atoms with Gasteiger partial charge in [0, 0.05) is 17.1 Å². The summed E-state index contributed by atoms with van der Waals surface area (Å²) in [6, 6.07) is 10.2. The van der Waals surface area contributed by atoms with Gasteiger partial charge < -0.3 is 9.72 Å². The summed E-state index contributed by atoms with van der Waals surface area (Å²) in [5.74, 6) is -1.70. The molecule has 124 valence electrons. The summed E-state index contributed by atoms with van der Waals surface area (Å²) >= 11 is 0. The highest BCUT2D eigenvalue weighted by atomic mass is 19.1. The van der Waals surface area contributed by atoms with Crippen molar-refractivity contribution in [1.82, 2.24) is 15.2 Å². The first kappa shape index (κ1) is 15.1. The van der Waals surface area contributed by atoms with Crippen LogP contribution in [0.4, 0.5) is 8.78 Å². The fraction of sp³-hybridized carbons (Fsp3) is 0. The Hall–Kier alpha value is -3.48. The van der Waals surface area contributed by atoms with Crippen LogP contribution in [0.5, 0.6) is 11.5 Å². The highest BCUT2D eigenvalue weighted by Gasteiger charge is 2.12. The quantitative estimate of drug-likeness (QED) is 0.593. The molecule has 0 radical (unpaired) electrons. The molecule has 2 heterocycles. The summed E-state index contributed by atoms with van der Waals surface area (Å²) in [5.41, 5.74) is 1.72. The van der Waals surface area contributed by atoms with Gasteiger partial charge in [-0.15, -0.1) is 0 Å². The van der Waals surface area contributed by atoms with Crippen molar-refractivity contribution in [1.29, 1.82) is 0 Å². The Morgan fingerprint density at radius 1 is 1.00 bits per heavy atom. The number of halogens is 2. The van der Waals surface area contributed by atoms with E-state index >= 15 is 0 Å². The van der Waals surface area contributed by atoms with E-state index in [4.69, 9.17) is 4.74 Å². The second-order valence-electron chi connectivity index (χ2n) is 5.37. The lowest BCUT2D eigenvalue weighted by atomic mass is 10.1. The average molecular weight is 339 g/mol. The lowest BCUT2D eigenvalue weighted by Crippen LogP contribution is -2.06. The standard InChI is InChI=1S/C18H11F2N3O2/c19-14-2-1-3-15(20)17(14)25-11-6-4-10(5-7-11)12-8-21-16-13(12)9-22-23-18(16)24/h1-9,21H,(H,23,24). The zero-order valence-electron chi connectivity index (χ0n) is 12.7. The molecular formula is C18H11F2N3O2. The van der Waals surface area contributed by atoms with Crippen molar-refractivity contribution in [3.63, 3.8) is 0 Å². The van der Waals surface area contributed by atoms with Gasteiger partial charge in [-0.25, -0.2) is 13.9 Å². The Kier molecular flexibility index (Phi) is 3.53. The van der Waals surface area contributed by atoms with E-state index in [2.05, 4.69) is 15.2 Å². The van der Waals surface area contributed by atoms with E-state index in [9.17, 15) is 13.6 Å². The molecule has 0 bridgehead atoms. The van der Waals surface area contributed by atoms with E-state index in [1.807, 2.05) is 0 Å². The molecule has 2 aromatic heterocycles. The second kappa shape index (κ2) is 5.86. The van der Waals surface area contributed by atoms with Crippen LogP contribution in [-0.4, -0.2) is 15.2 Å². The van der Waals surface area contributed by atoms with E-state index < -0.39 is 17.4 Å². The number of benzene rings is 2. The second-order valence-corrected chi connectivity index (χ2v) is 5.37. The van der Waals surface area contributed by atoms with Gasteiger partial charge in [-0.1, -0.05) is 18.2 Å². The number of aromatic nitrogens is 3. The maximum atomic E-state index is 13.6. The molecule has 7 heteroatoms. The number of hydrogen-bond donors (Lipinski definition) is 2. The van der Waals surface area contributed by atoms with Crippen LogP contribution in [-0.2, 0) is 0 Å². The zero-order chi connectivity index (χ0) is 17.4. The smallest absolute Gasteiger partial charge is 0.288 e. The summed E-state index contributed by atoms with van der Waals surface area (Å²) in [6.45, 7) is 0. The summed E-state index contributed by atoms with van der Waals surface area (Å²) in [5, 5.41) is 6.83. The Morgan fingerprint density at radius 2 is 1.72 bits per heavy atom. The predicted octanol–water partition coefficient (Wildman–Crippen LogP) is 3.99. The van der Waals surface area contributed by atoms with Crippen LogP contribution in [0, 0.1) is 11.6 Å². The van der Waals surface area contributed by atoms with Crippen molar-refractivity contribution in [3.05, 3.63) is 76.8 Å². The van der Waals surface area contributed by atoms with E-state index in [0.717, 1.165) is 23.3 Å². The van der Waals surface area contributed by atoms with Crippen molar-refractivity contribution in [2.24, 2.45) is 0 Å². The number of nitrogens with one attached hydrogen (secondary N) is 2. The van der Waals surface area contributed by atoms with Crippen molar-refractivity contribution in [3.8, 4) is 22.6 Å². The first-order valence-electron chi connectivity index (χ1n) is 7.40. The fourth-order valence-corrected chi connectivity index (χ4v) is 2.61. The Bertz CT molecular complexity index is 1100. The van der Waals surface area contributed by atoms with E-state index in [-0.39, 0.29) is 5.56 Å². The molecule has 0 unspecified atom stereocenters. The van der Waals surface area contributed by atoms with Gasteiger partial charge in [-0.05, 0) is 29.8 Å². The van der Waals surface area contributed by atoms with Crippen molar-refractivity contribution in [2.75, 3.05) is 0 Å². The fourth-order valence-electron chi connectivity index (χ4n) is 2.61. The van der Waals surface area contributed by atoms with Gasteiger partial charge in [0.15, 0.2) is 17.4 Å². The maximum absolute atomic E-state index is 13.6. The van der Waals surface area contributed by atoms with Crippen LogP contribution in [0.3, 0.4) is 0 Å². The largest absolute Gasteiger partial charge is 0.451 e. The minimum atomic E-state index is -0.772. The number of rotatable bonds is 3. The molecule has 4 rings (SSSR count). The Balaban J connectivity index is 1.68. The molecular weight excluding hydrogens is 328 g/mol. The topological polar surface area (TPSA) is 70.8 Å². The molecule has 0 fully saturated rings. The molecule has 0 aliphatic carbocycles. The van der Waals surface area contributed by atoms with Gasteiger partial charge in [0.1, 0.15) is 11.3 Å². The first-order chi connectivity index (χ1) is 12.1. The molecule has 0 spiro atoms. The number of fused-ring (bicyclic) bond motifs is 1. The number of ether oxygens (including phenoxy) is 1. The molecule has 0 atom stereocenters. The van der Waals surface area contributed by atoms with Gasteiger partial charge in [0.05, 0.1) is 6.20 Å². The highest BCUT2D eigenvalue weighted by molar-refractivity contribution is 5.94. The molecule has 0 saturated heterocycles. The van der Waals surface area contributed by atoms with E-state index in [1.54, 1.807) is 36.7 Å². The molecule has 2 N–H and O–H groups in total. The Morgan fingerprint density at radius 3 is 2.44 bits per heavy atom. The predicted molar refractivity (Wildman–Crippen MR) is 88.6 cm³/mol. The van der Waals surface area contributed by atoms with Gasteiger partial charge in [0.2, 0.25) is 0 Å². The number of para-hydroxylation sites is 1. The van der Waals surface area contributed by atoms with Gasteiger partial charge in [-0.3, -0.25) is 4.79 Å². The molecule has 25 heavy (non-hydrogen) atoms. The highest BCUT2D eigenvalue weighted by Crippen LogP contribution is 2.31. The molecule has 0 saturated carbocycles. The monoisotopic (exact) mass is 339 g/mol. The van der Waals surface area contributed by atoms with Crippen molar-refractivity contribution < 1.29 is 13.5 Å². The van der Waals surface area contributed by atoms with Crippen molar-refractivity contribution >= 4 is 10.9 Å². The summed E-state index contributed by atoms with van der Waals surface area (Å²) in [4.78, 5) is 14.6. The molecule has 0 amide bonds. The third-order valence-corrected chi connectivity index (χ3v) is 3.81. The summed E-state index contributed by atoms with van der Waals surface area (Å²) in [7, 11) is 0. The molecule has 0 aliphatic rings. The van der Waals surface area contributed by atoms with Crippen LogP contribution in [0.1, 0.15) is 0 Å². The summed E-state index contributed by atoms with van der Waals surface area (Å²) in [6.07, 6.45) is 3.26. The van der Waals surface area contributed by atoms with Crippen LogP contribution < -0.4 is 10.3 Å². The molecule has 2 aromatic carbocycles. The van der Waals surface area contributed by atoms with Gasteiger partial charge >= 0.3 is 0 Å². The SMILES string of the molecule is O=c1[nH]ncc2c(-c3ccc(Oc4c(F)cccc4F)cc3)c[nH]c12. The van der Waals surface area contributed by atoms with Crippen LogP contribution in [0.2, 0.25) is 0 Å². The van der Waals surface area contributed by atoms with Crippen LogP contribution in [0.15, 0.2) is 59.7 Å². The van der Waals surface area contributed by atoms with Crippen LogP contribution >= 0.6 is 0 Å². The molecule has 5 nitrogen and oxygen atoms in total. The third kappa shape index (κ3) is 2.65. The van der Waals surface area contributed by atoms with E-state index in [0.29, 0.717) is 16.7 Å². The molecule has 4 aromatic rings. The minimum absolute atomic E-state index is 0.295.